The molecule has 1 fully saturated rings. The largest absolute Gasteiger partial charge is 0.408 e. The number of fused-ring (bicyclic) bond motifs is 3. The van der Waals surface area contributed by atoms with Crippen LogP contribution in [0.15, 0.2) is 118 Å². The highest BCUT2D eigenvalue weighted by Crippen LogP contribution is 2.53. The Morgan fingerprint density at radius 3 is 1.41 bits per heavy atom. The normalized spacial score (nSPS) is 18.9. The molecule has 0 bridgehead atoms. The van der Waals surface area contributed by atoms with Crippen molar-refractivity contribution in [3.8, 4) is 0 Å². The molecule has 4 aromatic carbocycles. The van der Waals surface area contributed by atoms with Gasteiger partial charge in [-0.1, -0.05) is 97.1 Å². The summed E-state index contributed by atoms with van der Waals surface area (Å²) < 4.78 is 15.9. The monoisotopic (exact) mass is 437 g/mol. The van der Waals surface area contributed by atoms with E-state index in [1.54, 1.807) is 0 Å². The van der Waals surface area contributed by atoms with Gasteiger partial charge < -0.3 is 8.39 Å². The smallest absolute Gasteiger partial charge is 0.310 e. The second kappa shape index (κ2) is 8.35. The van der Waals surface area contributed by atoms with Crippen LogP contribution in [-0.2, 0) is 0 Å². The highest BCUT2D eigenvalue weighted by Gasteiger charge is 2.39. The SMILES string of the molecule is c1ccc([C@H]2CC[C@H](c3ccccc3)N2p2oc3ccccc3c3ccccc3o2)cc1. The molecule has 0 saturated carbocycles. The van der Waals surface area contributed by atoms with Crippen LogP contribution in [0.5, 0.6) is 0 Å². The molecule has 1 aromatic heterocycles. The minimum absolute atomic E-state index is 0.241. The molecule has 3 nitrogen and oxygen atoms in total. The van der Waals surface area contributed by atoms with Gasteiger partial charge >= 0.3 is 8.16 Å². The number of hydrogen-bond donors (Lipinski definition) is 0. The summed E-state index contributed by atoms with van der Waals surface area (Å²) >= 11 is 0. The maximum Gasteiger partial charge on any atom is 0.310 e. The Bertz CT molecular complexity index is 1290. The molecule has 0 amide bonds. The summed E-state index contributed by atoms with van der Waals surface area (Å²) in [7, 11) is -1.37. The van der Waals surface area contributed by atoms with Crippen LogP contribution < -0.4 is 4.67 Å². The molecule has 5 aromatic rings. The molecule has 0 radical (unpaired) electrons. The number of para-hydroxylation sites is 2. The lowest BCUT2D eigenvalue weighted by molar-refractivity contribution is 0.594. The number of hydrogen-bond acceptors (Lipinski definition) is 3. The molecule has 1 saturated heterocycles. The van der Waals surface area contributed by atoms with E-state index in [0.29, 0.717) is 0 Å². The van der Waals surface area contributed by atoms with Crippen molar-refractivity contribution < 1.29 is 8.39 Å². The first kappa shape index (κ1) is 19.4. The molecule has 0 aliphatic carbocycles. The summed E-state index contributed by atoms with van der Waals surface area (Å²) in [6, 6.07) is 38.5. The second-order valence-corrected chi connectivity index (χ2v) is 9.53. The predicted octanol–water partition coefficient (Wildman–Crippen LogP) is 8.50. The van der Waals surface area contributed by atoms with Crippen molar-refractivity contribution in [1.82, 2.24) is 0 Å². The zero-order valence-electron chi connectivity index (χ0n) is 17.7. The summed E-state index contributed by atoms with van der Waals surface area (Å²) in [6.45, 7) is 0. The van der Waals surface area contributed by atoms with E-state index in [-0.39, 0.29) is 12.1 Å². The Balaban J connectivity index is 1.61. The van der Waals surface area contributed by atoms with Crippen LogP contribution in [0.2, 0.25) is 0 Å². The third-order valence-electron chi connectivity index (χ3n) is 6.33. The van der Waals surface area contributed by atoms with Crippen molar-refractivity contribution in [2.75, 3.05) is 4.67 Å². The molecule has 1 aliphatic heterocycles. The van der Waals surface area contributed by atoms with Crippen molar-refractivity contribution in [1.29, 1.82) is 0 Å². The first-order chi connectivity index (χ1) is 15.9. The van der Waals surface area contributed by atoms with Crippen molar-refractivity contribution >= 4 is 30.1 Å². The molecule has 6 rings (SSSR count). The molecule has 32 heavy (non-hydrogen) atoms. The Morgan fingerprint density at radius 2 is 0.938 bits per heavy atom. The summed E-state index contributed by atoms with van der Waals surface area (Å²) in [5, 5.41) is 2.17. The van der Waals surface area contributed by atoms with Gasteiger partial charge in [0, 0.05) is 22.9 Å². The van der Waals surface area contributed by atoms with Crippen LogP contribution in [0.1, 0.15) is 36.1 Å². The maximum absolute atomic E-state index is 6.70. The molecule has 1 aliphatic rings. The lowest BCUT2D eigenvalue weighted by Gasteiger charge is -2.27. The van der Waals surface area contributed by atoms with Crippen LogP contribution in [-0.4, -0.2) is 0 Å². The van der Waals surface area contributed by atoms with E-state index in [4.69, 9.17) is 8.39 Å². The summed E-state index contributed by atoms with van der Waals surface area (Å²) in [4.78, 5) is 0. The van der Waals surface area contributed by atoms with Crippen molar-refractivity contribution in [3.05, 3.63) is 120 Å². The van der Waals surface area contributed by atoms with Crippen LogP contribution in [0, 0.1) is 0 Å². The maximum atomic E-state index is 6.70. The average Bonchev–Trinajstić information content (AvgIpc) is 3.23. The van der Waals surface area contributed by atoms with Gasteiger partial charge in [0.05, 0.1) is 0 Å². The summed E-state index contributed by atoms with van der Waals surface area (Å²) in [5.74, 6) is 0. The van der Waals surface area contributed by atoms with Crippen molar-refractivity contribution in [2.24, 2.45) is 0 Å². The second-order valence-electron chi connectivity index (χ2n) is 8.22. The molecule has 2 heterocycles. The Hall–Kier alpha value is -3.26. The van der Waals surface area contributed by atoms with Crippen molar-refractivity contribution in [2.45, 2.75) is 24.9 Å². The van der Waals surface area contributed by atoms with Crippen LogP contribution >= 0.6 is 8.16 Å². The minimum Gasteiger partial charge on any atom is -0.408 e. The zero-order chi connectivity index (χ0) is 21.3. The van der Waals surface area contributed by atoms with Gasteiger partial charge in [-0.15, -0.1) is 0 Å². The number of nitrogens with zero attached hydrogens (tertiary/aromatic N) is 1. The minimum atomic E-state index is -1.37. The van der Waals surface area contributed by atoms with Gasteiger partial charge in [0.25, 0.3) is 0 Å². The van der Waals surface area contributed by atoms with E-state index in [2.05, 4.69) is 102 Å². The van der Waals surface area contributed by atoms with Crippen LogP contribution in [0.4, 0.5) is 0 Å². The van der Waals surface area contributed by atoms with Gasteiger partial charge in [0.15, 0.2) is 0 Å². The predicted molar refractivity (Wildman–Crippen MR) is 132 cm³/mol. The third kappa shape index (κ3) is 3.44. The summed E-state index contributed by atoms with van der Waals surface area (Å²) in [5.41, 5.74) is 4.39. The lowest BCUT2D eigenvalue weighted by Crippen LogP contribution is -2.22. The topological polar surface area (TPSA) is 29.5 Å². The van der Waals surface area contributed by atoms with Crippen molar-refractivity contribution in [3.63, 3.8) is 0 Å². The van der Waals surface area contributed by atoms with E-state index in [1.807, 2.05) is 12.1 Å². The standard InChI is InChI=1S/C28H24NO2P/c1-3-11-21(12-4-1)25-19-20-26(22-13-5-2-6-14-22)29(25)32-30-27-17-9-7-15-23(27)24-16-8-10-18-28(24)31-32/h1-18,25-26H,19-20H2/t25-,26-/m1/s1. The molecule has 0 unspecified atom stereocenters. The Morgan fingerprint density at radius 1 is 0.531 bits per heavy atom. The van der Waals surface area contributed by atoms with Gasteiger partial charge in [-0.3, -0.25) is 0 Å². The van der Waals surface area contributed by atoms with Gasteiger partial charge in [0.1, 0.15) is 11.2 Å². The fourth-order valence-electron chi connectivity index (χ4n) is 4.83. The fraction of sp³-hybridized carbons (Fsp3) is 0.143. The first-order valence-electron chi connectivity index (χ1n) is 11.1. The Labute approximate surface area is 188 Å². The van der Waals surface area contributed by atoms with E-state index in [1.165, 1.54) is 11.1 Å². The average molecular weight is 437 g/mol. The molecular weight excluding hydrogens is 413 g/mol. The number of rotatable bonds is 3. The van der Waals surface area contributed by atoms with E-state index in [9.17, 15) is 0 Å². The highest BCUT2D eigenvalue weighted by atomic mass is 31.1. The molecular formula is C28H24NO2P. The summed E-state index contributed by atoms with van der Waals surface area (Å²) in [6.07, 6.45) is 2.14. The molecule has 0 N–H and O–H groups in total. The molecule has 4 heteroatoms. The van der Waals surface area contributed by atoms with Gasteiger partial charge in [-0.05, 0) is 36.1 Å². The van der Waals surface area contributed by atoms with E-state index in [0.717, 1.165) is 34.8 Å². The lowest BCUT2D eigenvalue weighted by atomic mass is 10.0. The zero-order valence-corrected chi connectivity index (χ0v) is 18.6. The van der Waals surface area contributed by atoms with Gasteiger partial charge in [0.2, 0.25) is 0 Å². The molecule has 0 spiro atoms. The van der Waals surface area contributed by atoms with Crippen LogP contribution in [0.25, 0.3) is 21.9 Å². The first-order valence-corrected chi connectivity index (χ1v) is 12.2. The quantitative estimate of drug-likeness (QED) is 0.283. The number of benzene rings is 4. The fourth-order valence-corrected chi connectivity index (χ4v) is 6.67. The van der Waals surface area contributed by atoms with E-state index >= 15 is 0 Å². The van der Waals surface area contributed by atoms with Gasteiger partial charge in [-0.25, -0.2) is 0 Å². The third-order valence-corrected chi connectivity index (χ3v) is 7.97. The van der Waals surface area contributed by atoms with Gasteiger partial charge in [-0.2, -0.15) is 4.67 Å². The van der Waals surface area contributed by atoms with Crippen LogP contribution in [0.3, 0.4) is 0 Å². The van der Waals surface area contributed by atoms with E-state index < -0.39 is 8.16 Å². The molecule has 158 valence electrons. The highest BCUT2D eigenvalue weighted by molar-refractivity contribution is 7.39. The Kier molecular flexibility index (Phi) is 5.07. The molecule has 2 atom stereocenters.